The second-order valence-corrected chi connectivity index (χ2v) is 8.07. The highest BCUT2D eigenvalue weighted by molar-refractivity contribution is 5.73. The Hall–Kier alpha value is -0.910. The van der Waals surface area contributed by atoms with Crippen molar-refractivity contribution in [3.05, 3.63) is 11.6 Å². The standard InChI is InChI=1S/C19H31NO4/c1-12(2)7-8-15-18(4,24-15)17-16(22-6)14(20(5)13(3)21)9-10-19(17)11-23-19/h7,14-17H,8-11H2,1-6H3/t14-,15-,16-,17-,18+,19+/m1/s1. The number of ether oxygens (including phenoxy) is 3. The molecule has 3 aliphatic rings. The van der Waals surface area contributed by atoms with E-state index < -0.39 is 0 Å². The number of nitrogens with zero attached hydrogens (tertiary/aromatic N) is 1. The van der Waals surface area contributed by atoms with Crippen LogP contribution in [0.3, 0.4) is 0 Å². The highest BCUT2D eigenvalue weighted by Gasteiger charge is 2.72. The molecule has 6 atom stereocenters. The van der Waals surface area contributed by atoms with Crippen molar-refractivity contribution in [2.24, 2.45) is 5.92 Å². The van der Waals surface area contributed by atoms with Crippen LogP contribution in [-0.2, 0) is 19.0 Å². The highest BCUT2D eigenvalue weighted by Crippen LogP contribution is 2.59. The Morgan fingerprint density at radius 3 is 2.54 bits per heavy atom. The SMILES string of the molecule is CO[C@@H]1[C@H](N(C)C(C)=O)CC[C@]2(CO2)[C@H]1[C@@]1(C)O[C@@H]1CC=C(C)C. The van der Waals surface area contributed by atoms with Crippen LogP contribution in [-0.4, -0.2) is 61.0 Å². The molecule has 3 fully saturated rings. The molecule has 2 saturated heterocycles. The molecule has 1 spiro atoms. The van der Waals surface area contributed by atoms with Crippen LogP contribution in [0.1, 0.15) is 47.0 Å². The van der Waals surface area contributed by atoms with Gasteiger partial charge in [-0.05, 0) is 40.0 Å². The molecule has 1 saturated carbocycles. The molecule has 0 aromatic heterocycles. The summed E-state index contributed by atoms with van der Waals surface area (Å²) in [6, 6.07) is 0.0810. The third-order valence-electron chi connectivity index (χ3n) is 6.26. The van der Waals surface area contributed by atoms with Crippen molar-refractivity contribution in [2.45, 2.75) is 76.4 Å². The Morgan fingerprint density at radius 2 is 2.04 bits per heavy atom. The van der Waals surface area contributed by atoms with Crippen LogP contribution in [0.5, 0.6) is 0 Å². The van der Waals surface area contributed by atoms with Crippen molar-refractivity contribution in [2.75, 3.05) is 20.8 Å². The Morgan fingerprint density at radius 1 is 1.38 bits per heavy atom. The van der Waals surface area contributed by atoms with Gasteiger partial charge >= 0.3 is 0 Å². The number of epoxide rings is 2. The van der Waals surface area contributed by atoms with Crippen molar-refractivity contribution in [3.63, 3.8) is 0 Å². The van der Waals surface area contributed by atoms with Crippen LogP contribution < -0.4 is 0 Å². The number of methoxy groups -OCH3 is 1. The molecule has 0 aromatic rings. The van der Waals surface area contributed by atoms with Crippen LogP contribution in [0.4, 0.5) is 0 Å². The molecule has 1 aliphatic carbocycles. The minimum atomic E-state index is -0.237. The molecule has 5 nitrogen and oxygen atoms in total. The zero-order chi connectivity index (χ0) is 17.7. The van der Waals surface area contributed by atoms with E-state index in [4.69, 9.17) is 14.2 Å². The molecule has 0 N–H and O–H groups in total. The molecular weight excluding hydrogens is 306 g/mol. The lowest BCUT2D eigenvalue weighted by molar-refractivity contribution is -0.140. The minimum Gasteiger partial charge on any atom is -0.379 e. The first-order valence-corrected chi connectivity index (χ1v) is 8.96. The fourth-order valence-electron chi connectivity index (χ4n) is 4.61. The summed E-state index contributed by atoms with van der Waals surface area (Å²) in [5.41, 5.74) is 0.953. The summed E-state index contributed by atoms with van der Waals surface area (Å²) in [6.07, 6.45) is 5.19. The largest absolute Gasteiger partial charge is 0.379 e. The number of rotatable bonds is 5. The van der Waals surface area contributed by atoms with E-state index in [9.17, 15) is 4.79 Å². The van der Waals surface area contributed by atoms with Gasteiger partial charge in [0.15, 0.2) is 0 Å². The summed E-state index contributed by atoms with van der Waals surface area (Å²) in [4.78, 5) is 13.7. The van der Waals surface area contributed by atoms with Crippen LogP contribution in [0.15, 0.2) is 11.6 Å². The maximum absolute atomic E-state index is 11.9. The summed E-state index contributed by atoms with van der Waals surface area (Å²) in [7, 11) is 3.62. The molecule has 5 heteroatoms. The number of hydrogen-bond acceptors (Lipinski definition) is 4. The average Bonchev–Trinajstić information content (AvgIpc) is 3.42. The summed E-state index contributed by atoms with van der Waals surface area (Å²) in [5.74, 6) is 0.238. The Bertz CT molecular complexity index is 537. The van der Waals surface area contributed by atoms with E-state index in [0.717, 1.165) is 25.9 Å². The van der Waals surface area contributed by atoms with Crippen molar-refractivity contribution in [3.8, 4) is 0 Å². The lowest BCUT2D eigenvalue weighted by Crippen LogP contribution is -2.59. The lowest BCUT2D eigenvalue weighted by atomic mass is 9.67. The van der Waals surface area contributed by atoms with Crippen molar-refractivity contribution in [1.29, 1.82) is 0 Å². The summed E-state index contributed by atoms with van der Waals surface area (Å²) in [5, 5.41) is 0. The summed E-state index contributed by atoms with van der Waals surface area (Å²) < 4.78 is 18.0. The number of carbonyl (C=O) groups excluding carboxylic acids is 1. The average molecular weight is 337 g/mol. The first kappa shape index (κ1) is 17.9. The fourth-order valence-corrected chi connectivity index (χ4v) is 4.61. The van der Waals surface area contributed by atoms with E-state index in [1.807, 2.05) is 11.9 Å². The Kier molecular flexibility index (Phi) is 4.56. The Labute approximate surface area is 145 Å². The van der Waals surface area contributed by atoms with Gasteiger partial charge in [-0.15, -0.1) is 0 Å². The van der Waals surface area contributed by atoms with Crippen LogP contribution >= 0.6 is 0 Å². The zero-order valence-electron chi connectivity index (χ0n) is 15.8. The molecule has 2 heterocycles. The van der Waals surface area contributed by atoms with E-state index in [0.29, 0.717) is 0 Å². The van der Waals surface area contributed by atoms with Crippen LogP contribution in [0.25, 0.3) is 0 Å². The molecule has 1 amide bonds. The molecule has 0 bridgehead atoms. The lowest BCUT2D eigenvalue weighted by Gasteiger charge is -2.46. The summed E-state index contributed by atoms with van der Waals surface area (Å²) in [6.45, 7) is 8.81. The number of hydrogen-bond donors (Lipinski definition) is 0. The van der Waals surface area contributed by atoms with E-state index in [-0.39, 0.29) is 41.3 Å². The monoisotopic (exact) mass is 337 g/mol. The molecular formula is C19H31NO4. The maximum Gasteiger partial charge on any atom is 0.219 e. The van der Waals surface area contributed by atoms with Crippen molar-refractivity contribution in [1.82, 2.24) is 4.90 Å². The van der Waals surface area contributed by atoms with Gasteiger partial charge in [0.1, 0.15) is 5.60 Å². The second kappa shape index (κ2) is 6.11. The highest BCUT2D eigenvalue weighted by atomic mass is 16.6. The molecule has 2 aliphatic heterocycles. The Balaban J connectivity index is 1.83. The van der Waals surface area contributed by atoms with Gasteiger partial charge in [0, 0.05) is 27.0 Å². The number of likely N-dealkylation sites (N-methyl/N-ethyl adjacent to an activating group) is 1. The number of carbonyl (C=O) groups is 1. The number of amides is 1. The van der Waals surface area contributed by atoms with Crippen LogP contribution in [0.2, 0.25) is 0 Å². The second-order valence-electron chi connectivity index (χ2n) is 8.07. The molecule has 3 rings (SSSR count). The normalized spacial score (nSPS) is 43.4. The first-order chi connectivity index (χ1) is 11.2. The van der Waals surface area contributed by atoms with Crippen molar-refractivity contribution < 1.29 is 19.0 Å². The fraction of sp³-hybridized carbons (Fsp3) is 0.842. The first-order valence-electron chi connectivity index (χ1n) is 8.96. The van der Waals surface area contributed by atoms with Gasteiger partial charge in [0.05, 0.1) is 30.5 Å². The molecule has 0 aromatic carbocycles. The third-order valence-corrected chi connectivity index (χ3v) is 6.26. The van der Waals surface area contributed by atoms with E-state index >= 15 is 0 Å². The van der Waals surface area contributed by atoms with Gasteiger partial charge in [0.2, 0.25) is 5.91 Å². The van der Waals surface area contributed by atoms with Gasteiger partial charge < -0.3 is 19.1 Å². The minimum absolute atomic E-state index is 0.0585. The molecule has 136 valence electrons. The predicted molar refractivity (Wildman–Crippen MR) is 91.8 cm³/mol. The topological polar surface area (TPSA) is 54.6 Å². The quantitative estimate of drug-likeness (QED) is 0.571. The van der Waals surface area contributed by atoms with E-state index in [2.05, 4.69) is 26.8 Å². The van der Waals surface area contributed by atoms with E-state index in [1.54, 1.807) is 14.0 Å². The summed E-state index contributed by atoms with van der Waals surface area (Å²) >= 11 is 0. The molecule has 24 heavy (non-hydrogen) atoms. The predicted octanol–water partition coefficient (Wildman–Crippen LogP) is 2.54. The van der Waals surface area contributed by atoms with Crippen LogP contribution in [0, 0.1) is 5.92 Å². The van der Waals surface area contributed by atoms with Gasteiger partial charge in [-0.1, -0.05) is 11.6 Å². The van der Waals surface area contributed by atoms with Gasteiger partial charge in [-0.3, -0.25) is 4.79 Å². The maximum atomic E-state index is 11.9. The van der Waals surface area contributed by atoms with Gasteiger partial charge in [0.25, 0.3) is 0 Å². The van der Waals surface area contributed by atoms with Crippen molar-refractivity contribution >= 4 is 5.91 Å². The number of allylic oxidation sites excluding steroid dienone is 1. The van der Waals surface area contributed by atoms with Gasteiger partial charge in [-0.25, -0.2) is 0 Å². The zero-order valence-corrected chi connectivity index (χ0v) is 15.8. The molecule has 0 unspecified atom stereocenters. The third kappa shape index (κ3) is 2.91. The molecule has 0 radical (unpaired) electrons. The smallest absolute Gasteiger partial charge is 0.219 e. The van der Waals surface area contributed by atoms with E-state index in [1.165, 1.54) is 5.57 Å². The van der Waals surface area contributed by atoms with Gasteiger partial charge in [-0.2, -0.15) is 0 Å².